The van der Waals surface area contributed by atoms with Gasteiger partial charge in [0.25, 0.3) is 5.91 Å². The van der Waals surface area contributed by atoms with Gasteiger partial charge in [0.1, 0.15) is 0 Å². The van der Waals surface area contributed by atoms with Crippen LogP contribution in [0.1, 0.15) is 29.6 Å². The van der Waals surface area contributed by atoms with Gasteiger partial charge < -0.3 is 10.0 Å². The number of hydrogen-bond acceptors (Lipinski definition) is 4. The van der Waals surface area contributed by atoms with Crippen LogP contribution < -0.4 is 0 Å². The Morgan fingerprint density at radius 3 is 2.73 bits per heavy atom. The van der Waals surface area contributed by atoms with Crippen LogP contribution in [0.2, 0.25) is 0 Å². The van der Waals surface area contributed by atoms with E-state index < -0.39 is 5.97 Å². The van der Waals surface area contributed by atoms with E-state index in [1.54, 1.807) is 17.1 Å². The highest BCUT2D eigenvalue weighted by molar-refractivity contribution is 5.93. The number of benzene rings is 1. The van der Waals surface area contributed by atoms with Gasteiger partial charge in [0.15, 0.2) is 0 Å². The van der Waals surface area contributed by atoms with Crippen molar-refractivity contribution in [2.24, 2.45) is 0 Å². The molecule has 1 aliphatic heterocycles. The molecule has 7 heteroatoms. The molecule has 1 saturated heterocycles. The summed E-state index contributed by atoms with van der Waals surface area (Å²) < 4.78 is 1.70. The van der Waals surface area contributed by atoms with Crippen LogP contribution in [-0.4, -0.2) is 69.3 Å². The molecule has 138 valence electrons. The summed E-state index contributed by atoms with van der Waals surface area (Å²) in [5.74, 6) is -0.841. The number of likely N-dealkylation sites (tertiary alicyclic amines) is 1. The summed E-state index contributed by atoms with van der Waals surface area (Å²) in [6, 6.07) is 9.87. The molecular formula is C19H24N4O3. The number of aromatic nitrogens is 2. The van der Waals surface area contributed by atoms with E-state index in [1.807, 2.05) is 47.2 Å². The molecule has 2 aromatic rings. The average Bonchev–Trinajstić information content (AvgIpc) is 2.99. The molecule has 1 aromatic carbocycles. The topological polar surface area (TPSA) is 78.7 Å². The van der Waals surface area contributed by atoms with Crippen molar-refractivity contribution in [2.45, 2.75) is 25.3 Å². The van der Waals surface area contributed by atoms with Gasteiger partial charge in [0, 0.05) is 25.3 Å². The number of hydrogen-bond donors (Lipinski definition) is 1. The van der Waals surface area contributed by atoms with Crippen LogP contribution >= 0.6 is 0 Å². The summed E-state index contributed by atoms with van der Waals surface area (Å²) in [5, 5.41) is 13.3. The molecule has 7 nitrogen and oxygen atoms in total. The lowest BCUT2D eigenvalue weighted by Gasteiger charge is -2.25. The quantitative estimate of drug-likeness (QED) is 0.885. The van der Waals surface area contributed by atoms with Crippen molar-refractivity contribution >= 4 is 11.9 Å². The van der Waals surface area contributed by atoms with Crippen LogP contribution in [0.3, 0.4) is 0 Å². The van der Waals surface area contributed by atoms with E-state index in [0.717, 1.165) is 24.9 Å². The van der Waals surface area contributed by atoms with Crippen LogP contribution in [0.5, 0.6) is 0 Å². The van der Waals surface area contributed by atoms with Crippen LogP contribution in [0.25, 0.3) is 5.69 Å². The second-order valence-corrected chi connectivity index (χ2v) is 6.69. The fraction of sp³-hybridized carbons (Fsp3) is 0.421. The molecule has 1 fully saturated rings. The molecule has 1 aliphatic rings. The number of aliphatic carboxylic acids is 1. The molecule has 1 amide bonds. The zero-order valence-electron chi connectivity index (χ0n) is 14.9. The molecule has 2 heterocycles. The van der Waals surface area contributed by atoms with Crippen molar-refractivity contribution in [1.29, 1.82) is 0 Å². The Hall–Kier alpha value is -2.67. The van der Waals surface area contributed by atoms with Gasteiger partial charge in [-0.2, -0.15) is 5.10 Å². The Kier molecular flexibility index (Phi) is 5.68. The lowest BCUT2D eigenvalue weighted by atomic mass is 10.1. The van der Waals surface area contributed by atoms with Gasteiger partial charge in [0.2, 0.25) is 0 Å². The van der Waals surface area contributed by atoms with Gasteiger partial charge in [-0.3, -0.25) is 14.5 Å². The standard InChI is InChI=1S/C19H24N4O3/c1-21(14-18(24)25)16-8-5-10-22(11-9-16)19(26)15-12-20-23(13-15)17-6-3-2-4-7-17/h2-4,6-7,12-13,16H,5,8-11,14H2,1H3,(H,24,25). The Morgan fingerprint density at radius 1 is 1.23 bits per heavy atom. The predicted molar refractivity (Wildman–Crippen MR) is 97.4 cm³/mol. The van der Waals surface area contributed by atoms with Crippen molar-refractivity contribution in [3.05, 3.63) is 48.3 Å². The molecular weight excluding hydrogens is 332 g/mol. The number of para-hydroxylation sites is 1. The summed E-state index contributed by atoms with van der Waals surface area (Å²) in [6.07, 6.45) is 5.91. The van der Waals surface area contributed by atoms with Crippen LogP contribution in [0.15, 0.2) is 42.7 Å². The summed E-state index contributed by atoms with van der Waals surface area (Å²) in [6.45, 7) is 1.35. The third kappa shape index (κ3) is 4.29. The number of likely N-dealkylation sites (N-methyl/N-ethyl adjacent to an activating group) is 1. The molecule has 0 radical (unpaired) electrons. The van der Waals surface area contributed by atoms with E-state index >= 15 is 0 Å². The predicted octanol–water partition coefficient (Wildman–Crippen LogP) is 1.88. The summed E-state index contributed by atoms with van der Waals surface area (Å²) in [4.78, 5) is 27.4. The molecule has 1 N–H and O–H groups in total. The number of amides is 1. The number of carboxylic acids is 1. The minimum atomic E-state index is -0.821. The number of rotatable bonds is 5. The molecule has 1 aromatic heterocycles. The SMILES string of the molecule is CN(CC(=O)O)C1CCCN(C(=O)c2cnn(-c3ccccc3)c2)CC1. The van der Waals surface area contributed by atoms with Crippen molar-refractivity contribution in [2.75, 3.05) is 26.7 Å². The van der Waals surface area contributed by atoms with E-state index in [9.17, 15) is 9.59 Å². The zero-order valence-corrected chi connectivity index (χ0v) is 14.9. The fourth-order valence-electron chi connectivity index (χ4n) is 3.40. The zero-order chi connectivity index (χ0) is 18.5. The van der Waals surface area contributed by atoms with E-state index in [1.165, 1.54) is 0 Å². The van der Waals surface area contributed by atoms with Gasteiger partial charge in [-0.15, -0.1) is 0 Å². The van der Waals surface area contributed by atoms with E-state index in [0.29, 0.717) is 18.7 Å². The summed E-state index contributed by atoms with van der Waals surface area (Å²) >= 11 is 0. The first-order valence-corrected chi connectivity index (χ1v) is 8.86. The van der Waals surface area contributed by atoms with Crippen LogP contribution in [0, 0.1) is 0 Å². The number of nitrogens with zero attached hydrogens (tertiary/aromatic N) is 4. The summed E-state index contributed by atoms with van der Waals surface area (Å²) in [7, 11) is 1.83. The lowest BCUT2D eigenvalue weighted by molar-refractivity contribution is -0.138. The van der Waals surface area contributed by atoms with Gasteiger partial charge in [-0.05, 0) is 38.4 Å². The van der Waals surface area contributed by atoms with Crippen molar-refractivity contribution in [3.63, 3.8) is 0 Å². The van der Waals surface area contributed by atoms with Crippen molar-refractivity contribution in [3.8, 4) is 5.69 Å². The maximum atomic E-state index is 12.8. The second-order valence-electron chi connectivity index (χ2n) is 6.69. The first kappa shape index (κ1) is 18.1. The van der Waals surface area contributed by atoms with Gasteiger partial charge in [0.05, 0.1) is 24.0 Å². The highest BCUT2D eigenvalue weighted by Gasteiger charge is 2.25. The van der Waals surface area contributed by atoms with Crippen LogP contribution in [0.4, 0.5) is 0 Å². The second kappa shape index (κ2) is 8.14. The van der Waals surface area contributed by atoms with Crippen molar-refractivity contribution in [1.82, 2.24) is 19.6 Å². The maximum Gasteiger partial charge on any atom is 0.317 e. The lowest BCUT2D eigenvalue weighted by Crippen LogP contribution is -2.37. The Morgan fingerprint density at radius 2 is 2.00 bits per heavy atom. The van der Waals surface area contributed by atoms with Gasteiger partial charge in [-0.1, -0.05) is 18.2 Å². The first-order valence-electron chi connectivity index (χ1n) is 8.86. The largest absolute Gasteiger partial charge is 0.480 e. The number of carboxylic acid groups (broad SMARTS) is 1. The minimum absolute atomic E-state index is 0.0197. The van der Waals surface area contributed by atoms with Crippen LogP contribution in [-0.2, 0) is 4.79 Å². The van der Waals surface area contributed by atoms with Gasteiger partial charge >= 0.3 is 5.97 Å². The molecule has 0 saturated carbocycles. The van der Waals surface area contributed by atoms with E-state index in [4.69, 9.17) is 5.11 Å². The Balaban J connectivity index is 1.64. The number of carbonyl (C=O) groups is 2. The average molecular weight is 356 g/mol. The molecule has 3 rings (SSSR count). The summed E-state index contributed by atoms with van der Waals surface area (Å²) in [5.41, 5.74) is 1.49. The first-order chi connectivity index (χ1) is 12.5. The fourth-order valence-corrected chi connectivity index (χ4v) is 3.40. The van der Waals surface area contributed by atoms with E-state index in [-0.39, 0.29) is 18.5 Å². The normalized spacial score (nSPS) is 17.9. The Bertz CT molecular complexity index is 759. The third-order valence-electron chi connectivity index (χ3n) is 4.84. The molecule has 1 unspecified atom stereocenters. The smallest absolute Gasteiger partial charge is 0.317 e. The van der Waals surface area contributed by atoms with Crippen molar-refractivity contribution < 1.29 is 14.7 Å². The Labute approximate surface area is 152 Å². The van der Waals surface area contributed by atoms with E-state index in [2.05, 4.69) is 5.10 Å². The minimum Gasteiger partial charge on any atom is -0.480 e. The molecule has 0 aliphatic carbocycles. The van der Waals surface area contributed by atoms with Gasteiger partial charge in [-0.25, -0.2) is 4.68 Å². The third-order valence-corrected chi connectivity index (χ3v) is 4.84. The highest BCUT2D eigenvalue weighted by Crippen LogP contribution is 2.18. The molecule has 26 heavy (non-hydrogen) atoms. The molecule has 0 bridgehead atoms. The maximum absolute atomic E-state index is 12.8. The molecule has 0 spiro atoms. The number of carbonyl (C=O) groups excluding carboxylic acids is 1. The highest BCUT2D eigenvalue weighted by atomic mass is 16.4. The monoisotopic (exact) mass is 356 g/mol. The molecule has 1 atom stereocenters.